The molecule has 0 saturated heterocycles. The van der Waals surface area contributed by atoms with Crippen LogP contribution in [0.15, 0.2) is 24.3 Å². The summed E-state index contributed by atoms with van der Waals surface area (Å²) >= 11 is 0. The second-order valence-electron chi connectivity index (χ2n) is 5.30. The number of hydrogen-bond donors (Lipinski definition) is 2. The van der Waals surface area contributed by atoms with Gasteiger partial charge in [0.1, 0.15) is 5.69 Å². The third-order valence-corrected chi connectivity index (χ3v) is 3.55. The number of ketones is 1. The molecule has 1 atom stereocenters. The van der Waals surface area contributed by atoms with Crippen molar-refractivity contribution in [3.8, 4) is 11.1 Å². The standard InChI is InChI=1S/C16H17N3O6/c1-3-25-16(22)14-12(10-5-4-6-11(7-10)19(23)24)13(17-18-14)15(21)9(2)8-20/h4-7,9,20H,3,8H2,1-2H3,(H,17,18). The van der Waals surface area contributed by atoms with Gasteiger partial charge in [-0.1, -0.05) is 19.1 Å². The minimum absolute atomic E-state index is 0.0733. The summed E-state index contributed by atoms with van der Waals surface area (Å²) < 4.78 is 4.94. The molecule has 2 aromatic rings. The number of nitro benzene ring substituents is 1. The Morgan fingerprint density at radius 1 is 1.44 bits per heavy atom. The van der Waals surface area contributed by atoms with Crippen molar-refractivity contribution in [3.05, 3.63) is 45.8 Å². The zero-order chi connectivity index (χ0) is 18.6. The molecule has 2 N–H and O–H groups in total. The van der Waals surface area contributed by atoms with Gasteiger partial charge in [-0.15, -0.1) is 0 Å². The summed E-state index contributed by atoms with van der Waals surface area (Å²) in [6.45, 7) is 2.86. The van der Waals surface area contributed by atoms with Crippen molar-refractivity contribution in [1.82, 2.24) is 10.2 Å². The summed E-state index contributed by atoms with van der Waals surface area (Å²) in [5.41, 5.74) is 0.0509. The molecule has 1 aromatic heterocycles. The number of aromatic amines is 1. The first-order valence-corrected chi connectivity index (χ1v) is 7.56. The lowest BCUT2D eigenvalue weighted by Gasteiger charge is -2.08. The van der Waals surface area contributed by atoms with Crippen LogP contribution in [0.1, 0.15) is 34.8 Å². The highest BCUT2D eigenvalue weighted by molar-refractivity contribution is 6.07. The average molecular weight is 347 g/mol. The molecule has 2 rings (SSSR count). The lowest BCUT2D eigenvalue weighted by Crippen LogP contribution is -2.16. The van der Waals surface area contributed by atoms with Gasteiger partial charge in [-0.25, -0.2) is 4.79 Å². The van der Waals surface area contributed by atoms with Gasteiger partial charge < -0.3 is 9.84 Å². The number of carbonyl (C=O) groups is 2. The Balaban J connectivity index is 2.65. The first-order valence-electron chi connectivity index (χ1n) is 7.56. The van der Waals surface area contributed by atoms with Crippen molar-refractivity contribution in [1.29, 1.82) is 0 Å². The number of Topliss-reactive ketones (excluding diaryl/α,β-unsaturated/α-hetero) is 1. The molecule has 1 heterocycles. The summed E-state index contributed by atoms with van der Waals surface area (Å²) in [7, 11) is 0. The number of aliphatic hydroxyl groups is 1. The predicted octanol–water partition coefficient (Wildman–Crippen LogP) is 1.97. The zero-order valence-corrected chi connectivity index (χ0v) is 13.7. The molecule has 0 amide bonds. The van der Waals surface area contributed by atoms with Crippen molar-refractivity contribution >= 4 is 17.4 Å². The molecular weight excluding hydrogens is 330 g/mol. The van der Waals surface area contributed by atoms with Gasteiger partial charge in [0.25, 0.3) is 5.69 Å². The SMILES string of the molecule is CCOC(=O)c1[nH]nc(C(=O)C(C)CO)c1-c1cccc([N+](=O)[O-])c1. The molecule has 132 valence electrons. The average Bonchev–Trinajstić information content (AvgIpc) is 3.05. The van der Waals surface area contributed by atoms with E-state index in [0.717, 1.165) is 0 Å². The fourth-order valence-electron chi connectivity index (χ4n) is 2.24. The van der Waals surface area contributed by atoms with Gasteiger partial charge in [0.05, 0.1) is 18.1 Å². The number of non-ortho nitro benzene ring substituents is 1. The van der Waals surface area contributed by atoms with Gasteiger partial charge >= 0.3 is 5.97 Å². The highest BCUT2D eigenvalue weighted by Gasteiger charge is 2.28. The molecule has 1 aromatic carbocycles. The Morgan fingerprint density at radius 2 is 2.16 bits per heavy atom. The number of ether oxygens (including phenoxy) is 1. The summed E-state index contributed by atoms with van der Waals surface area (Å²) in [6.07, 6.45) is 0. The Hall–Kier alpha value is -3.07. The maximum atomic E-state index is 12.5. The van der Waals surface area contributed by atoms with Gasteiger partial charge in [-0.05, 0) is 12.5 Å². The van der Waals surface area contributed by atoms with Crippen molar-refractivity contribution < 1.29 is 24.4 Å². The molecule has 0 spiro atoms. The Labute approximate surface area is 142 Å². The molecule has 0 fully saturated rings. The van der Waals surface area contributed by atoms with Gasteiger partial charge in [-0.2, -0.15) is 5.10 Å². The number of carbonyl (C=O) groups excluding carboxylic acids is 2. The van der Waals surface area contributed by atoms with E-state index in [2.05, 4.69) is 10.2 Å². The fourth-order valence-corrected chi connectivity index (χ4v) is 2.24. The number of hydrogen-bond acceptors (Lipinski definition) is 7. The predicted molar refractivity (Wildman–Crippen MR) is 87.2 cm³/mol. The Kier molecular flexibility index (Phi) is 5.60. The first kappa shape index (κ1) is 18.3. The third kappa shape index (κ3) is 3.72. The van der Waals surface area contributed by atoms with Crippen molar-refractivity contribution in [2.75, 3.05) is 13.2 Å². The lowest BCUT2D eigenvalue weighted by atomic mass is 9.96. The smallest absolute Gasteiger partial charge is 0.357 e. The third-order valence-electron chi connectivity index (χ3n) is 3.55. The molecule has 9 heteroatoms. The van der Waals surface area contributed by atoms with Crippen LogP contribution in [-0.2, 0) is 4.74 Å². The van der Waals surface area contributed by atoms with Crippen LogP contribution in [0.4, 0.5) is 5.69 Å². The summed E-state index contributed by atoms with van der Waals surface area (Å²) in [5.74, 6) is -1.96. The second-order valence-corrected chi connectivity index (χ2v) is 5.30. The number of esters is 1. The van der Waals surface area contributed by atoms with Gasteiger partial charge in [-0.3, -0.25) is 20.0 Å². The van der Waals surface area contributed by atoms with Crippen LogP contribution in [0.3, 0.4) is 0 Å². The van der Waals surface area contributed by atoms with E-state index in [1.807, 2.05) is 0 Å². The highest BCUT2D eigenvalue weighted by atomic mass is 16.6. The first-order chi connectivity index (χ1) is 11.9. The monoisotopic (exact) mass is 347 g/mol. The Morgan fingerprint density at radius 3 is 2.76 bits per heavy atom. The summed E-state index contributed by atoms with van der Waals surface area (Å²) in [4.78, 5) is 35.0. The van der Waals surface area contributed by atoms with Crippen LogP contribution in [0.25, 0.3) is 11.1 Å². The topological polar surface area (TPSA) is 135 Å². The quantitative estimate of drug-likeness (QED) is 0.338. The second kappa shape index (κ2) is 7.67. The maximum absolute atomic E-state index is 12.5. The highest BCUT2D eigenvalue weighted by Crippen LogP contribution is 2.30. The zero-order valence-electron chi connectivity index (χ0n) is 13.7. The van der Waals surface area contributed by atoms with E-state index in [9.17, 15) is 24.8 Å². The van der Waals surface area contributed by atoms with E-state index in [0.29, 0.717) is 0 Å². The number of nitrogens with zero attached hydrogens (tertiary/aromatic N) is 2. The van der Waals surface area contributed by atoms with Crippen LogP contribution in [-0.4, -0.2) is 45.2 Å². The van der Waals surface area contributed by atoms with E-state index in [-0.39, 0.29) is 34.8 Å². The van der Waals surface area contributed by atoms with Crippen molar-refractivity contribution in [2.24, 2.45) is 5.92 Å². The summed E-state index contributed by atoms with van der Waals surface area (Å²) in [5, 5.41) is 26.6. The molecule has 0 aliphatic rings. The molecule has 9 nitrogen and oxygen atoms in total. The maximum Gasteiger partial charge on any atom is 0.357 e. The molecule has 1 unspecified atom stereocenters. The molecule has 25 heavy (non-hydrogen) atoms. The molecular formula is C16H17N3O6. The summed E-state index contributed by atoms with van der Waals surface area (Å²) in [6, 6.07) is 5.51. The molecule has 0 aliphatic carbocycles. The van der Waals surface area contributed by atoms with Gasteiger partial charge in [0.2, 0.25) is 0 Å². The van der Waals surface area contributed by atoms with Gasteiger partial charge in [0.15, 0.2) is 11.5 Å². The molecule has 0 aliphatic heterocycles. The van der Waals surface area contributed by atoms with Crippen LogP contribution in [0.5, 0.6) is 0 Å². The van der Waals surface area contributed by atoms with Crippen LogP contribution in [0, 0.1) is 16.0 Å². The number of aromatic nitrogens is 2. The van der Waals surface area contributed by atoms with E-state index in [1.54, 1.807) is 6.92 Å². The normalized spacial score (nSPS) is 11.8. The number of nitrogens with one attached hydrogen (secondary N) is 1. The molecule has 0 radical (unpaired) electrons. The lowest BCUT2D eigenvalue weighted by molar-refractivity contribution is -0.384. The minimum atomic E-state index is -0.740. The van der Waals surface area contributed by atoms with Crippen molar-refractivity contribution in [3.63, 3.8) is 0 Å². The number of rotatable bonds is 7. The van der Waals surface area contributed by atoms with E-state index >= 15 is 0 Å². The van der Waals surface area contributed by atoms with E-state index in [1.165, 1.54) is 31.2 Å². The number of aliphatic hydroxyl groups excluding tert-OH is 1. The molecule has 0 saturated carbocycles. The number of H-pyrrole nitrogens is 1. The van der Waals surface area contributed by atoms with E-state index in [4.69, 9.17) is 4.74 Å². The van der Waals surface area contributed by atoms with E-state index < -0.39 is 29.2 Å². The number of benzene rings is 1. The van der Waals surface area contributed by atoms with Crippen LogP contribution < -0.4 is 0 Å². The van der Waals surface area contributed by atoms with Crippen LogP contribution in [0.2, 0.25) is 0 Å². The molecule has 0 bridgehead atoms. The number of nitro groups is 1. The largest absolute Gasteiger partial charge is 0.461 e. The fraction of sp³-hybridized carbons (Fsp3) is 0.312. The minimum Gasteiger partial charge on any atom is -0.461 e. The Bertz CT molecular complexity index is 814. The van der Waals surface area contributed by atoms with Crippen LogP contribution >= 0.6 is 0 Å². The van der Waals surface area contributed by atoms with Crippen molar-refractivity contribution in [2.45, 2.75) is 13.8 Å². The van der Waals surface area contributed by atoms with Gasteiger partial charge in [0, 0.05) is 23.6 Å².